The summed E-state index contributed by atoms with van der Waals surface area (Å²) in [7, 11) is 0. The maximum Gasteiger partial charge on any atom is 0.261 e. The first kappa shape index (κ1) is 24.6. The molecule has 2 N–H and O–H groups in total. The number of halogens is 1. The molecule has 3 rings (SSSR count). The van der Waals surface area contributed by atoms with Gasteiger partial charge in [-0.1, -0.05) is 29.8 Å². The first-order chi connectivity index (χ1) is 15.9. The molecule has 6 nitrogen and oxygen atoms in total. The second kappa shape index (κ2) is 11.7. The number of anilines is 1. The van der Waals surface area contributed by atoms with E-state index in [4.69, 9.17) is 21.1 Å². The van der Waals surface area contributed by atoms with Crippen LogP contribution in [0.25, 0.3) is 0 Å². The molecule has 0 saturated carbocycles. The SMILES string of the molecule is CCOc1ccc(CCNC(=O)c2sc(NC(=O)c3ccccc3Cl)cc2C)cc1OCC. The molecule has 3 aromatic rings. The lowest BCUT2D eigenvalue weighted by molar-refractivity contribution is 0.0956. The van der Waals surface area contributed by atoms with Crippen LogP contribution in [-0.4, -0.2) is 31.6 Å². The third kappa shape index (κ3) is 6.49. The molecule has 2 aromatic carbocycles. The predicted octanol–water partition coefficient (Wildman–Crippen LogP) is 5.73. The Morgan fingerprint density at radius 2 is 1.70 bits per heavy atom. The van der Waals surface area contributed by atoms with Crippen LogP contribution in [0.2, 0.25) is 5.02 Å². The van der Waals surface area contributed by atoms with Crippen molar-refractivity contribution in [1.29, 1.82) is 0 Å². The minimum Gasteiger partial charge on any atom is -0.490 e. The number of benzene rings is 2. The summed E-state index contributed by atoms with van der Waals surface area (Å²) < 4.78 is 11.3. The van der Waals surface area contributed by atoms with Crippen LogP contribution in [-0.2, 0) is 6.42 Å². The number of thiophene rings is 1. The molecule has 0 radical (unpaired) electrons. The van der Waals surface area contributed by atoms with Crippen LogP contribution < -0.4 is 20.1 Å². The van der Waals surface area contributed by atoms with Crippen LogP contribution in [0.3, 0.4) is 0 Å². The standard InChI is InChI=1S/C25H27ClN2O4S/c1-4-31-20-11-10-17(15-21(20)32-5-2)12-13-27-25(30)23-16(3)14-22(33-23)28-24(29)18-8-6-7-9-19(18)26/h6-11,14-15H,4-5,12-13H2,1-3H3,(H,27,30)(H,28,29). The predicted molar refractivity (Wildman–Crippen MR) is 133 cm³/mol. The number of rotatable bonds is 10. The Hall–Kier alpha value is -3.03. The summed E-state index contributed by atoms with van der Waals surface area (Å²) in [6.07, 6.45) is 0.652. The van der Waals surface area contributed by atoms with Crippen molar-refractivity contribution in [3.63, 3.8) is 0 Å². The van der Waals surface area contributed by atoms with Gasteiger partial charge >= 0.3 is 0 Å². The summed E-state index contributed by atoms with van der Waals surface area (Å²) in [5, 5.41) is 6.74. The monoisotopic (exact) mass is 486 g/mol. The summed E-state index contributed by atoms with van der Waals surface area (Å²) in [4.78, 5) is 25.8. The molecular weight excluding hydrogens is 460 g/mol. The van der Waals surface area contributed by atoms with Gasteiger partial charge in [-0.05, 0) is 68.7 Å². The van der Waals surface area contributed by atoms with E-state index in [1.807, 2.05) is 39.0 Å². The van der Waals surface area contributed by atoms with Crippen LogP contribution in [0.1, 0.15) is 45.0 Å². The molecular formula is C25H27ClN2O4S. The van der Waals surface area contributed by atoms with E-state index >= 15 is 0 Å². The quantitative estimate of drug-likeness (QED) is 0.383. The summed E-state index contributed by atoms with van der Waals surface area (Å²) in [5.74, 6) is 0.935. The molecule has 0 aliphatic rings. The van der Waals surface area contributed by atoms with Crippen molar-refractivity contribution in [2.45, 2.75) is 27.2 Å². The van der Waals surface area contributed by atoms with Gasteiger partial charge in [0.2, 0.25) is 0 Å². The molecule has 1 heterocycles. The Bertz CT molecular complexity index is 1130. The van der Waals surface area contributed by atoms with Gasteiger partial charge in [-0.3, -0.25) is 9.59 Å². The van der Waals surface area contributed by atoms with Gasteiger partial charge in [0.25, 0.3) is 11.8 Å². The highest BCUT2D eigenvalue weighted by atomic mass is 35.5. The minimum absolute atomic E-state index is 0.174. The molecule has 8 heteroatoms. The highest BCUT2D eigenvalue weighted by Gasteiger charge is 2.16. The van der Waals surface area contributed by atoms with Gasteiger partial charge in [0.15, 0.2) is 11.5 Å². The molecule has 0 atom stereocenters. The lowest BCUT2D eigenvalue weighted by atomic mass is 10.1. The molecule has 0 aliphatic carbocycles. The summed E-state index contributed by atoms with van der Waals surface area (Å²) in [6.45, 7) is 7.29. The van der Waals surface area contributed by atoms with Crippen molar-refractivity contribution in [2.24, 2.45) is 0 Å². The Morgan fingerprint density at radius 3 is 2.42 bits per heavy atom. The van der Waals surface area contributed by atoms with Crippen LogP contribution >= 0.6 is 22.9 Å². The van der Waals surface area contributed by atoms with Crippen LogP contribution in [0.4, 0.5) is 5.00 Å². The van der Waals surface area contributed by atoms with Gasteiger partial charge in [0.1, 0.15) is 0 Å². The molecule has 33 heavy (non-hydrogen) atoms. The van der Waals surface area contributed by atoms with Crippen molar-refractivity contribution in [2.75, 3.05) is 25.1 Å². The maximum absolute atomic E-state index is 12.7. The average Bonchev–Trinajstić information content (AvgIpc) is 3.16. The highest BCUT2D eigenvalue weighted by molar-refractivity contribution is 7.18. The van der Waals surface area contributed by atoms with E-state index in [1.165, 1.54) is 11.3 Å². The number of carbonyl (C=O) groups is 2. The van der Waals surface area contributed by atoms with E-state index in [1.54, 1.807) is 30.3 Å². The van der Waals surface area contributed by atoms with Crippen molar-refractivity contribution < 1.29 is 19.1 Å². The van der Waals surface area contributed by atoms with Crippen molar-refractivity contribution in [1.82, 2.24) is 5.32 Å². The number of carbonyl (C=O) groups excluding carboxylic acids is 2. The van der Waals surface area contributed by atoms with Gasteiger partial charge < -0.3 is 20.1 Å². The van der Waals surface area contributed by atoms with Crippen LogP contribution in [0.15, 0.2) is 48.5 Å². The van der Waals surface area contributed by atoms with E-state index in [2.05, 4.69) is 10.6 Å². The Balaban J connectivity index is 1.59. The van der Waals surface area contributed by atoms with Gasteiger partial charge in [0, 0.05) is 6.54 Å². The van der Waals surface area contributed by atoms with E-state index in [0.717, 1.165) is 11.1 Å². The van der Waals surface area contributed by atoms with E-state index in [-0.39, 0.29) is 11.8 Å². The average molecular weight is 487 g/mol. The fourth-order valence-corrected chi connectivity index (χ4v) is 4.45. The fraction of sp³-hybridized carbons (Fsp3) is 0.280. The number of amides is 2. The van der Waals surface area contributed by atoms with Gasteiger partial charge in [-0.2, -0.15) is 0 Å². The van der Waals surface area contributed by atoms with E-state index < -0.39 is 0 Å². The van der Waals surface area contributed by atoms with Crippen LogP contribution in [0, 0.1) is 6.92 Å². The number of nitrogens with one attached hydrogen (secondary N) is 2. The zero-order valence-electron chi connectivity index (χ0n) is 18.9. The lowest BCUT2D eigenvalue weighted by Crippen LogP contribution is -2.25. The smallest absolute Gasteiger partial charge is 0.261 e. The van der Waals surface area contributed by atoms with Gasteiger partial charge in [-0.25, -0.2) is 0 Å². The summed E-state index contributed by atoms with van der Waals surface area (Å²) in [5.41, 5.74) is 2.22. The Labute approximate surface area is 202 Å². The largest absolute Gasteiger partial charge is 0.490 e. The topological polar surface area (TPSA) is 76.7 Å². The van der Waals surface area contributed by atoms with Gasteiger partial charge in [-0.15, -0.1) is 11.3 Å². The fourth-order valence-electron chi connectivity index (χ4n) is 3.25. The van der Waals surface area contributed by atoms with Gasteiger partial charge in [0.05, 0.1) is 33.7 Å². The Morgan fingerprint density at radius 1 is 0.970 bits per heavy atom. The number of ether oxygens (including phenoxy) is 2. The number of hydrogen-bond acceptors (Lipinski definition) is 5. The molecule has 1 aromatic heterocycles. The third-order valence-corrected chi connectivity index (χ3v) is 6.27. The lowest BCUT2D eigenvalue weighted by Gasteiger charge is -2.12. The molecule has 174 valence electrons. The van der Waals surface area contributed by atoms with Crippen molar-refractivity contribution in [3.05, 3.63) is 75.1 Å². The molecule has 0 saturated heterocycles. The Kier molecular flexibility index (Phi) is 8.74. The van der Waals surface area contributed by atoms with Crippen molar-refractivity contribution >= 4 is 39.8 Å². The molecule has 0 fully saturated rings. The van der Waals surface area contributed by atoms with Crippen LogP contribution in [0.5, 0.6) is 11.5 Å². The molecule has 0 bridgehead atoms. The summed E-state index contributed by atoms with van der Waals surface area (Å²) >= 11 is 7.33. The third-order valence-electron chi connectivity index (χ3n) is 4.79. The number of aryl methyl sites for hydroxylation is 1. The highest BCUT2D eigenvalue weighted by Crippen LogP contribution is 2.29. The molecule has 0 unspecified atom stereocenters. The minimum atomic E-state index is -0.311. The second-order valence-corrected chi connectivity index (χ2v) is 8.67. The molecule has 2 amide bonds. The first-order valence-electron chi connectivity index (χ1n) is 10.8. The maximum atomic E-state index is 12.7. The summed E-state index contributed by atoms with van der Waals surface area (Å²) in [6, 6.07) is 14.4. The van der Waals surface area contributed by atoms with E-state index in [9.17, 15) is 9.59 Å². The zero-order valence-corrected chi connectivity index (χ0v) is 20.4. The van der Waals surface area contributed by atoms with E-state index in [0.29, 0.717) is 58.1 Å². The second-order valence-electron chi connectivity index (χ2n) is 7.21. The molecule has 0 spiro atoms. The number of hydrogen-bond donors (Lipinski definition) is 2. The zero-order chi connectivity index (χ0) is 23.8. The first-order valence-corrected chi connectivity index (χ1v) is 11.9. The normalized spacial score (nSPS) is 10.5. The van der Waals surface area contributed by atoms with Crippen molar-refractivity contribution in [3.8, 4) is 11.5 Å². The molecule has 0 aliphatic heterocycles.